The zero-order valence-corrected chi connectivity index (χ0v) is 20.7. The molecule has 0 aliphatic carbocycles. The Morgan fingerprint density at radius 1 is 1.09 bits per heavy atom. The second kappa shape index (κ2) is 12.9. The Labute approximate surface area is 197 Å². The van der Waals surface area contributed by atoms with Gasteiger partial charge < -0.3 is 29.5 Å². The minimum Gasteiger partial charge on any atom is -0.491 e. The first kappa shape index (κ1) is 27.1. The predicted molar refractivity (Wildman–Crippen MR) is 127 cm³/mol. The molecule has 0 radical (unpaired) electrons. The summed E-state index contributed by atoms with van der Waals surface area (Å²) in [6.45, 7) is 11.6. The first-order chi connectivity index (χ1) is 15.8. The van der Waals surface area contributed by atoms with Crippen molar-refractivity contribution in [1.29, 1.82) is 0 Å². The Morgan fingerprint density at radius 2 is 1.76 bits per heavy atom. The SMILES string of the molecule is CC.CC(C)Oc1ccc(Cc2c(OC3CC(O)CC(CO)O3)nn(C(C)C)c2CO)cc1. The normalized spacial score (nSPS) is 20.5. The van der Waals surface area contributed by atoms with E-state index in [0.29, 0.717) is 30.8 Å². The molecule has 186 valence electrons. The van der Waals surface area contributed by atoms with Crippen molar-refractivity contribution in [2.24, 2.45) is 0 Å². The number of benzene rings is 1. The van der Waals surface area contributed by atoms with Crippen molar-refractivity contribution in [3.05, 3.63) is 41.1 Å². The lowest BCUT2D eigenvalue weighted by molar-refractivity contribution is -0.186. The van der Waals surface area contributed by atoms with Gasteiger partial charge in [0.25, 0.3) is 0 Å². The van der Waals surface area contributed by atoms with Gasteiger partial charge in [0.2, 0.25) is 12.2 Å². The van der Waals surface area contributed by atoms with Crippen molar-refractivity contribution in [1.82, 2.24) is 9.78 Å². The van der Waals surface area contributed by atoms with Crippen LogP contribution in [-0.2, 0) is 17.8 Å². The summed E-state index contributed by atoms with van der Waals surface area (Å²) in [5, 5.41) is 34.2. The Morgan fingerprint density at radius 3 is 2.30 bits per heavy atom. The number of aliphatic hydroxyl groups excluding tert-OH is 3. The number of ether oxygens (including phenoxy) is 3. The van der Waals surface area contributed by atoms with Crippen molar-refractivity contribution in [2.75, 3.05) is 6.61 Å². The minimum atomic E-state index is -0.719. The van der Waals surface area contributed by atoms with E-state index in [1.54, 1.807) is 4.68 Å². The number of rotatable bonds is 9. The van der Waals surface area contributed by atoms with Crippen molar-refractivity contribution in [3.63, 3.8) is 0 Å². The maximum absolute atomic E-state index is 10.1. The largest absolute Gasteiger partial charge is 0.491 e. The summed E-state index contributed by atoms with van der Waals surface area (Å²) < 4.78 is 19.3. The summed E-state index contributed by atoms with van der Waals surface area (Å²) in [4.78, 5) is 0. The lowest BCUT2D eigenvalue weighted by atomic mass is 10.0. The maximum atomic E-state index is 10.1. The molecule has 2 heterocycles. The summed E-state index contributed by atoms with van der Waals surface area (Å²) in [5.74, 6) is 1.17. The van der Waals surface area contributed by atoms with E-state index in [2.05, 4.69) is 5.10 Å². The van der Waals surface area contributed by atoms with Crippen LogP contribution >= 0.6 is 0 Å². The first-order valence-electron chi connectivity index (χ1n) is 11.9. The van der Waals surface area contributed by atoms with Gasteiger partial charge in [0.1, 0.15) is 5.75 Å². The molecule has 1 fully saturated rings. The van der Waals surface area contributed by atoms with E-state index < -0.39 is 18.5 Å². The monoisotopic (exact) mass is 464 g/mol. The van der Waals surface area contributed by atoms with E-state index in [9.17, 15) is 15.3 Å². The highest BCUT2D eigenvalue weighted by atomic mass is 16.7. The number of aromatic nitrogens is 2. The summed E-state index contributed by atoms with van der Waals surface area (Å²) in [5.41, 5.74) is 2.48. The van der Waals surface area contributed by atoms with Crippen LogP contribution in [0, 0.1) is 0 Å². The lowest BCUT2D eigenvalue weighted by Gasteiger charge is -2.31. The van der Waals surface area contributed by atoms with E-state index in [1.807, 2.05) is 65.8 Å². The fraction of sp³-hybridized carbons (Fsp3) is 0.640. The molecule has 1 saturated heterocycles. The van der Waals surface area contributed by atoms with Gasteiger partial charge in [0.05, 0.1) is 37.2 Å². The number of hydrogen-bond acceptors (Lipinski definition) is 7. The smallest absolute Gasteiger partial charge is 0.239 e. The summed E-state index contributed by atoms with van der Waals surface area (Å²) in [6.07, 6.45) is -0.532. The van der Waals surface area contributed by atoms with Gasteiger partial charge >= 0.3 is 0 Å². The van der Waals surface area contributed by atoms with E-state index in [-0.39, 0.29) is 25.4 Å². The highest BCUT2D eigenvalue weighted by Gasteiger charge is 2.31. The van der Waals surface area contributed by atoms with Crippen LogP contribution in [-0.4, -0.2) is 56.3 Å². The van der Waals surface area contributed by atoms with Gasteiger partial charge in [-0.15, -0.1) is 5.10 Å². The van der Waals surface area contributed by atoms with Crippen LogP contribution in [0.2, 0.25) is 0 Å². The molecule has 0 bridgehead atoms. The van der Waals surface area contributed by atoms with Crippen LogP contribution in [0.3, 0.4) is 0 Å². The van der Waals surface area contributed by atoms with Gasteiger partial charge in [-0.2, -0.15) is 0 Å². The molecule has 3 unspecified atom stereocenters. The van der Waals surface area contributed by atoms with Crippen molar-refractivity contribution >= 4 is 0 Å². The molecule has 1 aliphatic rings. The molecular formula is C25H40N2O6. The zero-order valence-electron chi connectivity index (χ0n) is 20.7. The number of hydrogen-bond donors (Lipinski definition) is 3. The lowest BCUT2D eigenvalue weighted by Crippen LogP contribution is -2.40. The van der Waals surface area contributed by atoms with Crippen molar-refractivity contribution in [3.8, 4) is 11.6 Å². The molecule has 2 aromatic rings. The van der Waals surface area contributed by atoms with Gasteiger partial charge in [0, 0.05) is 30.9 Å². The predicted octanol–water partition coefficient (Wildman–Crippen LogP) is 3.60. The first-order valence-corrected chi connectivity index (χ1v) is 11.9. The molecule has 33 heavy (non-hydrogen) atoms. The van der Waals surface area contributed by atoms with Crippen LogP contribution in [0.4, 0.5) is 0 Å². The average molecular weight is 465 g/mol. The molecule has 1 aliphatic heterocycles. The Bertz CT molecular complexity index is 834. The number of nitrogens with zero attached hydrogens (tertiary/aromatic N) is 2. The Hall–Kier alpha value is -2.13. The molecule has 0 saturated carbocycles. The molecule has 1 aromatic carbocycles. The van der Waals surface area contributed by atoms with Gasteiger partial charge in [-0.1, -0.05) is 26.0 Å². The van der Waals surface area contributed by atoms with Crippen LogP contribution < -0.4 is 9.47 Å². The van der Waals surface area contributed by atoms with E-state index in [0.717, 1.165) is 16.9 Å². The van der Waals surface area contributed by atoms with Crippen molar-refractivity contribution in [2.45, 2.75) is 98.1 Å². The quantitative estimate of drug-likeness (QED) is 0.521. The van der Waals surface area contributed by atoms with Crippen molar-refractivity contribution < 1.29 is 29.5 Å². The van der Waals surface area contributed by atoms with Gasteiger partial charge in [-0.05, 0) is 45.4 Å². The van der Waals surface area contributed by atoms with Gasteiger partial charge in [-0.25, -0.2) is 0 Å². The van der Waals surface area contributed by atoms with Gasteiger partial charge in [-0.3, -0.25) is 4.68 Å². The molecule has 3 rings (SSSR count). The molecule has 3 N–H and O–H groups in total. The summed E-state index contributed by atoms with van der Waals surface area (Å²) in [7, 11) is 0. The van der Waals surface area contributed by atoms with E-state index >= 15 is 0 Å². The molecule has 0 amide bonds. The fourth-order valence-corrected chi connectivity index (χ4v) is 3.78. The zero-order chi connectivity index (χ0) is 24.5. The van der Waals surface area contributed by atoms with Crippen LogP contribution in [0.15, 0.2) is 24.3 Å². The summed E-state index contributed by atoms with van der Waals surface area (Å²) >= 11 is 0. The number of aliphatic hydroxyl groups is 3. The van der Waals surface area contributed by atoms with Crippen LogP contribution in [0.25, 0.3) is 0 Å². The molecule has 3 atom stereocenters. The second-order valence-electron chi connectivity index (χ2n) is 8.53. The second-order valence-corrected chi connectivity index (χ2v) is 8.53. The topological polar surface area (TPSA) is 106 Å². The molecule has 8 nitrogen and oxygen atoms in total. The molecular weight excluding hydrogens is 424 g/mol. The third kappa shape index (κ3) is 7.43. The summed E-state index contributed by atoms with van der Waals surface area (Å²) in [6, 6.07) is 7.85. The fourth-order valence-electron chi connectivity index (χ4n) is 3.78. The third-order valence-electron chi connectivity index (χ3n) is 5.19. The van der Waals surface area contributed by atoms with Crippen LogP contribution in [0.1, 0.15) is 77.2 Å². The molecule has 8 heteroatoms. The van der Waals surface area contributed by atoms with Gasteiger partial charge in [0.15, 0.2) is 0 Å². The Kier molecular flexibility index (Phi) is 10.6. The highest BCUT2D eigenvalue weighted by Crippen LogP contribution is 2.31. The average Bonchev–Trinajstić information content (AvgIpc) is 3.12. The molecule has 1 aromatic heterocycles. The van der Waals surface area contributed by atoms with E-state index in [1.165, 1.54) is 0 Å². The molecule has 0 spiro atoms. The minimum absolute atomic E-state index is 0.0307. The Balaban J connectivity index is 0.00000187. The maximum Gasteiger partial charge on any atom is 0.239 e. The standard InChI is InChI=1S/C23H34N2O6.C2H6/c1-14(2)25-21(13-27)20(9-16-5-7-18(8-6-16)29-15(3)4)23(24-25)31-22-11-17(28)10-19(12-26)30-22;1-2/h5-8,14-15,17,19,22,26-28H,9-13H2,1-4H3;1-2H3. The van der Waals surface area contributed by atoms with E-state index in [4.69, 9.17) is 14.2 Å². The third-order valence-corrected chi connectivity index (χ3v) is 5.19. The highest BCUT2D eigenvalue weighted by molar-refractivity contribution is 5.38. The van der Waals surface area contributed by atoms with Crippen LogP contribution in [0.5, 0.6) is 11.6 Å².